The average molecular weight is 420 g/mol. The maximum Gasteiger partial charge on any atom is 0.412 e. The van der Waals surface area contributed by atoms with E-state index in [0.717, 1.165) is 5.56 Å². The number of alkyl carbamates (subject to hydrolysis) is 1. The zero-order valence-electron chi connectivity index (χ0n) is 18.9. The fraction of sp³-hybridized carbons (Fsp3) is 0.636. The number of pyridine rings is 1. The van der Waals surface area contributed by atoms with Crippen molar-refractivity contribution in [2.45, 2.75) is 84.5 Å². The lowest BCUT2D eigenvalue weighted by Gasteiger charge is -2.34. The van der Waals surface area contributed by atoms with Crippen LogP contribution >= 0.6 is 0 Å². The number of amides is 2. The van der Waals surface area contributed by atoms with Crippen LogP contribution in [-0.2, 0) is 14.3 Å². The Bertz CT molecular complexity index is 795. The minimum absolute atomic E-state index is 0.0205. The third-order valence-corrected chi connectivity index (χ3v) is 4.61. The molecular weight excluding hydrogens is 386 g/mol. The molecule has 3 atom stereocenters. The third-order valence-electron chi connectivity index (χ3n) is 4.61. The van der Waals surface area contributed by atoms with Crippen molar-refractivity contribution in [1.82, 2.24) is 10.3 Å². The monoisotopic (exact) mass is 419 g/mol. The van der Waals surface area contributed by atoms with Crippen molar-refractivity contribution < 1.29 is 23.9 Å². The number of ketones is 1. The Kier molecular flexibility index (Phi) is 7.10. The quantitative estimate of drug-likeness (QED) is 0.752. The van der Waals surface area contributed by atoms with Crippen molar-refractivity contribution >= 4 is 23.7 Å². The van der Waals surface area contributed by atoms with Gasteiger partial charge < -0.3 is 14.8 Å². The highest BCUT2D eigenvalue weighted by Crippen LogP contribution is 2.37. The summed E-state index contributed by atoms with van der Waals surface area (Å²) in [6.07, 6.45) is 3.05. The minimum Gasteiger partial charge on any atom is -0.444 e. The highest BCUT2D eigenvalue weighted by atomic mass is 16.6. The largest absolute Gasteiger partial charge is 0.444 e. The molecule has 2 N–H and O–H groups in total. The number of carbonyl (C=O) groups is 3. The van der Waals surface area contributed by atoms with E-state index in [1.54, 1.807) is 53.9 Å². The van der Waals surface area contributed by atoms with Gasteiger partial charge in [0.1, 0.15) is 11.2 Å². The molecule has 1 aromatic heterocycles. The van der Waals surface area contributed by atoms with Gasteiger partial charge in [0, 0.05) is 12.1 Å². The first-order valence-electron chi connectivity index (χ1n) is 10.2. The molecule has 1 aromatic rings. The van der Waals surface area contributed by atoms with Crippen molar-refractivity contribution in [2.75, 3.05) is 5.32 Å². The van der Waals surface area contributed by atoms with Crippen LogP contribution < -0.4 is 10.6 Å². The molecule has 8 heteroatoms. The molecule has 0 aromatic carbocycles. The van der Waals surface area contributed by atoms with Crippen molar-refractivity contribution in [2.24, 2.45) is 5.92 Å². The van der Waals surface area contributed by atoms with Crippen LogP contribution in [0.15, 0.2) is 18.5 Å². The third kappa shape index (κ3) is 7.00. The van der Waals surface area contributed by atoms with Crippen LogP contribution in [0.2, 0.25) is 0 Å². The predicted molar refractivity (Wildman–Crippen MR) is 113 cm³/mol. The second kappa shape index (κ2) is 9.02. The van der Waals surface area contributed by atoms with Gasteiger partial charge in [-0.25, -0.2) is 9.59 Å². The lowest BCUT2D eigenvalue weighted by atomic mass is 9.75. The number of nitrogens with zero attached hydrogens (tertiary/aromatic N) is 1. The molecule has 1 heterocycles. The molecule has 0 aliphatic heterocycles. The van der Waals surface area contributed by atoms with Gasteiger partial charge in [-0.05, 0) is 71.9 Å². The van der Waals surface area contributed by atoms with Gasteiger partial charge in [0.05, 0.1) is 17.9 Å². The first-order valence-corrected chi connectivity index (χ1v) is 10.2. The summed E-state index contributed by atoms with van der Waals surface area (Å²) in [6, 6.07) is 1.17. The fourth-order valence-corrected chi connectivity index (χ4v) is 3.50. The van der Waals surface area contributed by atoms with Gasteiger partial charge in [-0.15, -0.1) is 0 Å². The van der Waals surface area contributed by atoms with E-state index in [1.807, 2.05) is 13.0 Å². The Balaban J connectivity index is 2.18. The lowest BCUT2D eigenvalue weighted by Crippen LogP contribution is -2.48. The number of nitrogens with one attached hydrogen (secondary N) is 2. The maximum atomic E-state index is 12.7. The number of hydrogen-bond acceptors (Lipinski definition) is 6. The number of ether oxygens (including phenoxy) is 2. The molecule has 2 amide bonds. The van der Waals surface area contributed by atoms with Gasteiger partial charge in [-0.3, -0.25) is 15.1 Å². The van der Waals surface area contributed by atoms with Gasteiger partial charge in [-0.1, -0.05) is 6.92 Å². The molecule has 2 rings (SSSR count). The van der Waals surface area contributed by atoms with Crippen molar-refractivity contribution in [3.8, 4) is 0 Å². The molecule has 0 radical (unpaired) electrons. The number of hydrogen-bond donors (Lipinski definition) is 2. The standard InChI is InChI=1S/C22H33N3O5/c1-13-10-14(11-16(18(13)26)24-19(27)29-21(2,3)4)15-8-9-23-12-17(15)25-20(28)30-22(5,6)7/h8-9,12-14,16H,10-11H2,1-7H3,(H,24,27)(H,25,28)/t13-,14+,16+/m0/s1. The minimum atomic E-state index is -0.656. The van der Waals surface area contributed by atoms with E-state index in [2.05, 4.69) is 15.6 Å². The van der Waals surface area contributed by atoms with E-state index in [0.29, 0.717) is 18.5 Å². The van der Waals surface area contributed by atoms with Crippen LogP contribution in [0.3, 0.4) is 0 Å². The summed E-state index contributed by atoms with van der Waals surface area (Å²) in [7, 11) is 0. The van der Waals surface area contributed by atoms with Crippen molar-refractivity contribution in [1.29, 1.82) is 0 Å². The number of Topliss-reactive ketones (excluding diaryl/α,β-unsaturated/α-hetero) is 1. The molecule has 8 nitrogen and oxygen atoms in total. The highest BCUT2D eigenvalue weighted by Gasteiger charge is 2.37. The molecule has 1 fully saturated rings. The van der Waals surface area contributed by atoms with E-state index in [1.165, 1.54) is 0 Å². The summed E-state index contributed by atoms with van der Waals surface area (Å²) in [6.45, 7) is 12.5. The summed E-state index contributed by atoms with van der Waals surface area (Å²) in [5, 5.41) is 5.46. The molecule has 1 saturated carbocycles. The summed E-state index contributed by atoms with van der Waals surface area (Å²) >= 11 is 0. The van der Waals surface area contributed by atoms with Crippen LogP contribution in [0.25, 0.3) is 0 Å². The first kappa shape index (κ1) is 23.6. The van der Waals surface area contributed by atoms with Gasteiger partial charge in [0.2, 0.25) is 0 Å². The molecule has 1 aliphatic carbocycles. The van der Waals surface area contributed by atoms with E-state index < -0.39 is 29.4 Å². The second-order valence-electron chi connectivity index (χ2n) is 9.76. The Morgan fingerprint density at radius 3 is 2.23 bits per heavy atom. The molecule has 30 heavy (non-hydrogen) atoms. The van der Waals surface area contributed by atoms with Crippen LogP contribution in [0, 0.1) is 5.92 Å². The predicted octanol–water partition coefficient (Wildman–Crippen LogP) is 4.40. The molecule has 166 valence electrons. The van der Waals surface area contributed by atoms with E-state index >= 15 is 0 Å². The van der Waals surface area contributed by atoms with Crippen LogP contribution in [0.4, 0.5) is 15.3 Å². The number of anilines is 1. The maximum absolute atomic E-state index is 12.7. The molecular formula is C22H33N3O5. The summed E-state index contributed by atoms with van der Waals surface area (Å²) in [5.41, 5.74) is 0.115. The summed E-state index contributed by atoms with van der Waals surface area (Å²) in [5.74, 6) is -0.315. The van der Waals surface area contributed by atoms with Gasteiger partial charge in [0.25, 0.3) is 0 Å². The van der Waals surface area contributed by atoms with Crippen LogP contribution in [-0.4, -0.2) is 40.2 Å². The van der Waals surface area contributed by atoms with Crippen LogP contribution in [0.5, 0.6) is 0 Å². The normalized spacial score (nSPS) is 22.2. The van der Waals surface area contributed by atoms with Gasteiger partial charge in [0.15, 0.2) is 5.78 Å². The number of rotatable bonds is 3. The van der Waals surface area contributed by atoms with Crippen molar-refractivity contribution in [3.05, 3.63) is 24.0 Å². The van der Waals surface area contributed by atoms with Gasteiger partial charge >= 0.3 is 12.2 Å². The fourth-order valence-electron chi connectivity index (χ4n) is 3.50. The molecule has 0 saturated heterocycles. The second-order valence-corrected chi connectivity index (χ2v) is 9.76. The lowest BCUT2D eigenvalue weighted by molar-refractivity contribution is -0.126. The Hall–Kier alpha value is -2.64. The molecule has 0 spiro atoms. The molecule has 0 bridgehead atoms. The zero-order chi connectivity index (χ0) is 22.7. The summed E-state index contributed by atoms with van der Waals surface area (Å²) in [4.78, 5) is 41.2. The van der Waals surface area contributed by atoms with E-state index in [9.17, 15) is 14.4 Å². The Labute approximate surface area is 178 Å². The Morgan fingerprint density at radius 1 is 1.03 bits per heavy atom. The number of carbonyl (C=O) groups excluding carboxylic acids is 3. The highest BCUT2D eigenvalue weighted by molar-refractivity contribution is 5.90. The average Bonchev–Trinajstić information content (AvgIpc) is 2.55. The molecule has 1 aliphatic rings. The van der Waals surface area contributed by atoms with E-state index in [-0.39, 0.29) is 17.6 Å². The van der Waals surface area contributed by atoms with Gasteiger partial charge in [-0.2, -0.15) is 0 Å². The topological polar surface area (TPSA) is 107 Å². The first-order chi connectivity index (χ1) is 13.7. The van der Waals surface area contributed by atoms with E-state index in [4.69, 9.17) is 9.47 Å². The number of aromatic nitrogens is 1. The van der Waals surface area contributed by atoms with Crippen molar-refractivity contribution in [3.63, 3.8) is 0 Å². The smallest absolute Gasteiger partial charge is 0.412 e. The SMILES string of the molecule is C[C@H]1C[C@@H](c2ccncc2NC(=O)OC(C)(C)C)C[C@@H](NC(=O)OC(C)(C)C)C1=O. The summed E-state index contributed by atoms with van der Waals surface area (Å²) < 4.78 is 10.6. The zero-order valence-corrected chi connectivity index (χ0v) is 18.9. The van der Waals surface area contributed by atoms with Crippen LogP contribution in [0.1, 0.15) is 72.8 Å². The Morgan fingerprint density at radius 2 is 1.63 bits per heavy atom. The molecule has 0 unspecified atom stereocenters.